The van der Waals surface area contributed by atoms with Crippen molar-refractivity contribution in [2.75, 3.05) is 18.9 Å². The van der Waals surface area contributed by atoms with E-state index in [2.05, 4.69) is 33.7 Å². The van der Waals surface area contributed by atoms with Crippen molar-refractivity contribution in [3.05, 3.63) is 5.69 Å². The fraction of sp³-hybridized carbons (Fsp3) is 0.818. The van der Waals surface area contributed by atoms with Crippen LogP contribution < -0.4 is 5.32 Å². The molecule has 2 unspecified atom stereocenters. The lowest BCUT2D eigenvalue weighted by atomic mass is 9.95. The summed E-state index contributed by atoms with van der Waals surface area (Å²) in [4.78, 5) is 2.52. The first-order chi connectivity index (χ1) is 7.70. The molecule has 0 aliphatic carbocycles. The lowest BCUT2D eigenvalue weighted by Gasteiger charge is -2.36. The van der Waals surface area contributed by atoms with Crippen LogP contribution in [-0.2, 0) is 6.54 Å². The molecule has 0 aromatic carbocycles. The van der Waals surface area contributed by atoms with Crippen molar-refractivity contribution in [2.24, 2.45) is 5.92 Å². The number of nitrogens with one attached hydrogen (secondary N) is 1. The van der Waals surface area contributed by atoms with Gasteiger partial charge in [0.15, 0.2) is 0 Å². The molecule has 1 N–H and O–H groups in total. The highest BCUT2D eigenvalue weighted by atomic mass is 32.1. The smallest absolute Gasteiger partial charge is 0.134 e. The Labute approximate surface area is 101 Å². The second kappa shape index (κ2) is 5.10. The van der Waals surface area contributed by atoms with Gasteiger partial charge in [0.25, 0.3) is 0 Å². The van der Waals surface area contributed by atoms with Crippen molar-refractivity contribution in [3.8, 4) is 0 Å². The zero-order chi connectivity index (χ0) is 11.5. The maximum atomic E-state index is 4.20. The van der Waals surface area contributed by atoms with Crippen LogP contribution in [0.15, 0.2) is 0 Å². The Morgan fingerprint density at radius 1 is 1.44 bits per heavy atom. The molecule has 1 aliphatic heterocycles. The number of rotatable bonds is 3. The SMILES string of the molecule is CNc1snnc1CN1CC(C)CCC1C. The molecule has 0 radical (unpaired) electrons. The summed E-state index contributed by atoms with van der Waals surface area (Å²) in [6.45, 7) is 6.75. The summed E-state index contributed by atoms with van der Waals surface area (Å²) >= 11 is 1.44. The first-order valence-corrected chi connectivity index (χ1v) is 6.71. The van der Waals surface area contributed by atoms with E-state index >= 15 is 0 Å². The Kier molecular flexibility index (Phi) is 3.76. The summed E-state index contributed by atoms with van der Waals surface area (Å²) in [6, 6.07) is 0.669. The molecule has 16 heavy (non-hydrogen) atoms. The highest BCUT2D eigenvalue weighted by Crippen LogP contribution is 2.25. The van der Waals surface area contributed by atoms with Crippen LogP contribution in [0, 0.1) is 5.92 Å². The highest BCUT2D eigenvalue weighted by Gasteiger charge is 2.24. The third-order valence-corrected chi connectivity index (χ3v) is 4.17. The topological polar surface area (TPSA) is 41.1 Å². The molecular weight excluding hydrogens is 220 g/mol. The van der Waals surface area contributed by atoms with Crippen molar-refractivity contribution in [2.45, 2.75) is 39.3 Å². The number of piperidine rings is 1. The summed E-state index contributed by atoms with van der Waals surface area (Å²) in [6.07, 6.45) is 2.65. The fourth-order valence-corrected chi connectivity index (χ4v) is 2.82. The van der Waals surface area contributed by atoms with Gasteiger partial charge < -0.3 is 5.32 Å². The van der Waals surface area contributed by atoms with Crippen LogP contribution in [0.2, 0.25) is 0 Å². The van der Waals surface area contributed by atoms with Crippen LogP contribution in [0.1, 0.15) is 32.4 Å². The van der Waals surface area contributed by atoms with Gasteiger partial charge in [0.2, 0.25) is 0 Å². The molecular formula is C11H20N4S. The van der Waals surface area contributed by atoms with Gasteiger partial charge >= 0.3 is 0 Å². The van der Waals surface area contributed by atoms with Crippen molar-refractivity contribution in [3.63, 3.8) is 0 Å². The molecule has 2 heterocycles. The van der Waals surface area contributed by atoms with Crippen LogP contribution in [0.25, 0.3) is 0 Å². The van der Waals surface area contributed by atoms with Gasteiger partial charge in [0.1, 0.15) is 10.7 Å². The predicted octanol–water partition coefficient (Wildman–Crippen LogP) is 2.20. The van der Waals surface area contributed by atoms with Gasteiger partial charge in [-0.25, -0.2) is 0 Å². The largest absolute Gasteiger partial charge is 0.377 e. The molecule has 5 heteroatoms. The normalized spacial score (nSPS) is 26.9. The minimum Gasteiger partial charge on any atom is -0.377 e. The number of nitrogens with zero attached hydrogens (tertiary/aromatic N) is 3. The highest BCUT2D eigenvalue weighted by molar-refractivity contribution is 7.10. The second-order valence-electron chi connectivity index (χ2n) is 4.76. The monoisotopic (exact) mass is 240 g/mol. The lowest BCUT2D eigenvalue weighted by Crippen LogP contribution is -2.40. The first-order valence-electron chi connectivity index (χ1n) is 5.93. The summed E-state index contributed by atoms with van der Waals surface area (Å²) in [5.41, 5.74) is 1.09. The van der Waals surface area contributed by atoms with E-state index in [1.807, 2.05) is 7.05 Å². The molecule has 1 fully saturated rings. The molecule has 0 amide bonds. The molecule has 1 aromatic rings. The average molecular weight is 240 g/mol. The summed E-state index contributed by atoms with van der Waals surface area (Å²) in [5, 5.41) is 8.47. The van der Waals surface area contributed by atoms with E-state index in [-0.39, 0.29) is 0 Å². The number of hydrogen-bond donors (Lipinski definition) is 1. The molecule has 0 spiro atoms. The lowest BCUT2D eigenvalue weighted by molar-refractivity contribution is 0.116. The van der Waals surface area contributed by atoms with Crippen LogP contribution in [0.4, 0.5) is 5.00 Å². The predicted molar refractivity (Wildman–Crippen MR) is 67.7 cm³/mol. The Balaban J connectivity index is 2.02. The van der Waals surface area contributed by atoms with Crippen LogP contribution >= 0.6 is 11.5 Å². The van der Waals surface area contributed by atoms with E-state index in [1.165, 1.54) is 30.9 Å². The van der Waals surface area contributed by atoms with Gasteiger partial charge in [-0.1, -0.05) is 11.4 Å². The van der Waals surface area contributed by atoms with E-state index in [0.29, 0.717) is 6.04 Å². The summed E-state index contributed by atoms with van der Waals surface area (Å²) in [5.74, 6) is 0.806. The number of likely N-dealkylation sites (tertiary alicyclic amines) is 1. The van der Waals surface area contributed by atoms with Crippen molar-refractivity contribution >= 4 is 16.5 Å². The second-order valence-corrected chi connectivity index (χ2v) is 5.51. The maximum absolute atomic E-state index is 4.20. The number of anilines is 1. The van der Waals surface area contributed by atoms with Crippen LogP contribution in [0.5, 0.6) is 0 Å². The zero-order valence-electron chi connectivity index (χ0n) is 10.2. The van der Waals surface area contributed by atoms with Crippen LogP contribution in [0.3, 0.4) is 0 Å². The van der Waals surface area contributed by atoms with E-state index < -0.39 is 0 Å². The molecule has 2 rings (SSSR count). The Hall–Kier alpha value is -0.680. The van der Waals surface area contributed by atoms with E-state index in [1.54, 1.807) is 0 Å². The Morgan fingerprint density at radius 3 is 3.00 bits per heavy atom. The molecule has 0 bridgehead atoms. The van der Waals surface area contributed by atoms with E-state index in [4.69, 9.17) is 0 Å². The standard InChI is InChI=1S/C11H20N4S/c1-8-4-5-9(2)15(6-8)7-10-11(12-3)16-14-13-10/h8-9,12H,4-7H2,1-3H3. The maximum Gasteiger partial charge on any atom is 0.134 e. The van der Waals surface area contributed by atoms with Crippen LogP contribution in [-0.4, -0.2) is 34.1 Å². The Bertz CT molecular complexity index is 338. The van der Waals surface area contributed by atoms with Gasteiger partial charge in [0.05, 0.1) is 0 Å². The number of aromatic nitrogens is 2. The van der Waals surface area contributed by atoms with Crippen molar-refractivity contribution < 1.29 is 0 Å². The molecule has 4 nitrogen and oxygen atoms in total. The fourth-order valence-electron chi connectivity index (χ4n) is 2.29. The van der Waals surface area contributed by atoms with E-state index in [9.17, 15) is 0 Å². The third kappa shape index (κ3) is 2.52. The molecule has 1 aliphatic rings. The zero-order valence-corrected chi connectivity index (χ0v) is 11.0. The molecule has 1 saturated heterocycles. The van der Waals surface area contributed by atoms with Gasteiger partial charge in [-0.2, -0.15) is 0 Å². The van der Waals surface area contributed by atoms with Gasteiger partial charge in [-0.3, -0.25) is 4.90 Å². The average Bonchev–Trinajstić information content (AvgIpc) is 2.71. The summed E-state index contributed by atoms with van der Waals surface area (Å²) < 4.78 is 4.01. The van der Waals surface area contributed by atoms with Gasteiger partial charge in [-0.05, 0) is 25.7 Å². The first kappa shape index (κ1) is 11.8. The molecule has 0 saturated carbocycles. The van der Waals surface area contributed by atoms with Gasteiger partial charge in [-0.15, -0.1) is 5.10 Å². The molecule has 1 aromatic heterocycles. The Morgan fingerprint density at radius 2 is 2.25 bits per heavy atom. The van der Waals surface area contributed by atoms with E-state index in [0.717, 1.165) is 23.2 Å². The molecule has 90 valence electrons. The minimum absolute atomic E-state index is 0.669. The number of hydrogen-bond acceptors (Lipinski definition) is 5. The van der Waals surface area contributed by atoms with Crippen molar-refractivity contribution in [1.82, 2.24) is 14.5 Å². The minimum atomic E-state index is 0.669. The van der Waals surface area contributed by atoms with Gasteiger partial charge in [0, 0.05) is 37.7 Å². The third-order valence-electron chi connectivity index (χ3n) is 3.38. The molecule has 2 atom stereocenters. The van der Waals surface area contributed by atoms with Crippen molar-refractivity contribution in [1.29, 1.82) is 0 Å². The summed E-state index contributed by atoms with van der Waals surface area (Å²) in [7, 11) is 1.93. The quantitative estimate of drug-likeness (QED) is 0.879.